The summed E-state index contributed by atoms with van der Waals surface area (Å²) in [7, 11) is -1.40. The topological polar surface area (TPSA) is 59.1 Å². The first-order chi connectivity index (χ1) is 10.7. The van der Waals surface area contributed by atoms with Gasteiger partial charge in [-0.25, -0.2) is 0 Å². The van der Waals surface area contributed by atoms with Crippen molar-refractivity contribution in [2.24, 2.45) is 0 Å². The predicted molar refractivity (Wildman–Crippen MR) is 88.4 cm³/mol. The molecule has 7 heteroatoms. The van der Waals surface area contributed by atoms with Crippen LogP contribution < -0.4 is 8.92 Å². The summed E-state index contributed by atoms with van der Waals surface area (Å²) < 4.78 is 33.9. The van der Waals surface area contributed by atoms with Gasteiger partial charge in [-0.05, 0) is 25.2 Å². The molecule has 1 fully saturated rings. The van der Waals surface area contributed by atoms with Crippen LogP contribution in [0.1, 0.15) is 19.4 Å². The van der Waals surface area contributed by atoms with Gasteiger partial charge in [0.05, 0.1) is 6.26 Å². The Morgan fingerprint density at radius 1 is 1.22 bits per heavy atom. The highest BCUT2D eigenvalue weighted by molar-refractivity contribution is 7.86. The van der Waals surface area contributed by atoms with Crippen molar-refractivity contribution in [2.45, 2.75) is 25.5 Å². The molecule has 6 nitrogen and oxygen atoms in total. The summed E-state index contributed by atoms with van der Waals surface area (Å²) >= 11 is 0. The molecule has 1 aromatic rings. The Morgan fingerprint density at radius 3 is 2.48 bits per heavy atom. The minimum atomic E-state index is -3.53. The standard InChI is InChI=1S/C16H24N2O4S/c1-16(2)13-11-12(22-23(4,19)20)5-6-14(13)21-15(16)18-9-7-17(3)8-10-18/h5-6,11,15H,7-10H2,1-4H3. The van der Waals surface area contributed by atoms with Crippen molar-refractivity contribution in [3.63, 3.8) is 0 Å². The van der Waals surface area contributed by atoms with Crippen LogP contribution in [0.15, 0.2) is 18.2 Å². The van der Waals surface area contributed by atoms with Crippen molar-refractivity contribution in [1.82, 2.24) is 9.80 Å². The van der Waals surface area contributed by atoms with Gasteiger partial charge in [-0.1, -0.05) is 13.8 Å². The maximum absolute atomic E-state index is 11.3. The predicted octanol–water partition coefficient (Wildman–Crippen LogP) is 1.27. The monoisotopic (exact) mass is 340 g/mol. The fourth-order valence-corrected chi connectivity index (χ4v) is 3.78. The lowest BCUT2D eigenvalue weighted by molar-refractivity contribution is -0.0257. The van der Waals surface area contributed by atoms with Crippen LogP contribution in [0.4, 0.5) is 0 Å². The number of ether oxygens (including phenoxy) is 1. The molecule has 1 aromatic carbocycles. The van der Waals surface area contributed by atoms with Gasteiger partial charge in [0.2, 0.25) is 0 Å². The van der Waals surface area contributed by atoms with E-state index in [0.717, 1.165) is 43.7 Å². The molecule has 1 unspecified atom stereocenters. The van der Waals surface area contributed by atoms with Gasteiger partial charge in [0.1, 0.15) is 11.5 Å². The Labute approximate surface area is 138 Å². The average molecular weight is 340 g/mol. The molecule has 0 aromatic heterocycles. The van der Waals surface area contributed by atoms with E-state index in [9.17, 15) is 8.42 Å². The number of nitrogens with zero attached hydrogens (tertiary/aromatic N) is 2. The summed E-state index contributed by atoms with van der Waals surface area (Å²) in [6, 6.07) is 5.22. The highest BCUT2D eigenvalue weighted by Gasteiger charge is 2.45. The molecule has 0 N–H and O–H groups in total. The van der Waals surface area contributed by atoms with E-state index >= 15 is 0 Å². The minimum Gasteiger partial charge on any atom is -0.474 e. The van der Waals surface area contributed by atoms with Crippen LogP contribution in [0, 0.1) is 0 Å². The summed E-state index contributed by atoms with van der Waals surface area (Å²) in [4.78, 5) is 4.67. The zero-order chi connectivity index (χ0) is 16.8. The molecule has 128 valence electrons. The quantitative estimate of drug-likeness (QED) is 0.773. The van der Waals surface area contributed by atoms with Crippen molar-refractivity contribution >= 4 is 10.1 Å². The summed E-state index contributed by atoms with van der Waals surface area (Å²) in [5.74, 6) is 1.14. The van der Waals surface area contributed by atoms with E-state index in [2.05, 4.69) is 30.7 Å². The number of piperazine rings is 1. The van der Waals surface area contributed by atoms with Crippen LogP contribution >= 0.6 is 0 Å². The third-order valence-corrected chi connectivity index (χ3v) is 5.11. The highest BCUT2D eigenvalue weighted by atomic mass is 32.2. The lowest BCUT2D eigenvalue weighted by Crippen LogP contribution is -2.55. The molecule has 0 saturated carbocycles. The van der Waals surface area contributed by atoms with Gasteiger partial charge in [0.15, 0.2) is 6.23 Å². The molecule has 3 rings (SSSR count). The fraction of sp³-hybridized carbons (Fsp3) is 0.625. The minimum absolute atomic E-state index is 0.0420. The number of benzene rings is 1. The Balaban J connectivity index is 1.86. The van der Waals surface area contributed by atoms with E-state index in [1.165, 1.54) is 0 Å². The molecule has 0 radical (unpaired) electrons. The maximum atomic E-state index is 11.3. The van der Waals surface area contributed by atoms with Crippen LogP contribution in [0.5, 0.6) is 11.5 Å². The van der Waals surface area contributed by atoms with Crippen molar-refractivity contribution in [3.05, 3.63) is 23.8 Å². The Bertz CT molecular complexity index is 694. The Hall–Kier alpha value is -1.31. The lowest BCUT2D eigenvalue weighted by Gasteiger charge is -2.40. The Kier molecular flexibility index (Phi) is 4.06. The number of fused-ring (bicyclic) bond motifs is 1. The zero-order valence-corrected chi connectivity index (χ0v) is 14.9. The van der Waals surface area contributed by atoms with E-state index in [0.29, 0.717) is 5.75 Å². The summed E-state index contributed by atoms with van der Waals surface area (Å²) in [6.07, 6.45) is 1.01. The number of rotatable bonds is 3. The second-order valence-electron chi connectivity index (χ2n) is 6.98. The van der Waals surface area contributed by atoms with Crippen molar-refractivity contribution in [3.8, 4) is 11.5 Å². The van der Waals surface area contributed by atoms with Crippen molar-refractivity contribution < 1.29 is 17.3 Å². The first-order valence-electron chi connectivity index (χ1n) is 7.80. The first-order valence-corrected chi connectivity index (χ1v) is 9.62. The van der Waals surface area contributed by atoms with Gasteiger partial charge in [-0.15, -0.1) is 0 Å². The second-order valence-corrected chi connectivity index (χ2v) is 8.55. The molecule has 23 heavy (non-hydrogen) atoms. The Morgan fingerprint density at radius 2 is 1.87 bits per heavy atom. The molecule has 1 atom stereocenters. The van der Waals surface area contributed by atoms with E-state index < -0.39 is 10.1 Å². The number of hydrogen-bond donors (Lipinski definition) is 0. The molecule has 0 amide bonds. The van der Waals surface area contributed by atoms with E-state index in [-0.39, 0.29) is 11.6 Å². The summed E-state index contributed by atoms with van der Waals surface area (Å²) in [5, 5.41) is 0. The van der Waals surface area contributed by atoms with Crippen LogP contribution in [0.25, 0.3) is 0 Å². The molecule has 0 bridgehead atoms. The van der Waals surface area contributed by atoms with Crippen molar-refractivity contribution in [2.75, 3.05) is 39.5 Å². The average Bonchev–Trinajstić information content (AvgIpc) is 2.70. The lowest BCUT2D eigenvalue weighted by atomic mass is 9.83. The van der Waals surface area contributed by atoms with Crippen LogP contribution in [-0.4, -0.2) is 63.9 Å². The van der Waals surface area contributed by atoms with Crippen molar-refractivity contribution in [1.29, 1.82) is 0 Å². The zero-order valence-electron chi connectivity index (χ0n) is 14.1. The largest absolute Gasteiger partial charge is 0.474 e. The maximum Gasteiger partial charge on any atom is 0.306 e. The molecule has 2 aliphatic rings. The van der Waals surface area contributed by atoms with Gasteiger partial charge in [0, 0.05) is 37.2 Å². The molecule has 2 aliphatic heterocycles. The normalized spacial score (nSPS) is 25.0. The molecule has 0 aliphatic carbocycles. The number of likely N-dealkylation sites (N-methyl/N-ethyl adjacent to an activating group) is 1. The molecule has 1 saturated heterocycles. The molecule has 2 heterocycles. The molecule has 0 spiro atoms. The third-order valence-electron chi connectivity index (χ3n) is 4.62. The highest BCUT2D eigenvalue weighted by Crippen LogP contribution is 2.45. The smallest absolute Gasteiger partial charge is 0.306 e. The summed E-state index contributed by atoms with van der Waals surface area (Å²) in [6.45, 7) is 8.23. The SMILES string of the molecule is CN1CCN(C2Oc3ccc(OS(C)(=O)=O)cc3C2(C)C)CC1. The third kappa shape index (κ3) is 3.32. The first kappa shape index (κ1) is 16.5. The van der Waals surface area contributed by atoms with Gasteiger partial charge in [-0.2, -0.15) is 8.42 Å². The summed E-state index contributed by atoms with van der Waals surface area (Å²) in [5.41, 5.74) is 0.754. The van der Waals surface area contributed by atoms with Gasteiger partial charge in [-0.3, -0.25) is 4.90 Å². The number of hydrogen-bond acceptors (Lipinski definition) is 6. The van der Waals surface area contributed by atoms with Gasteiger partial charge < -0.3 is 13.8 Å². The van der Waals surface area contributed by atoms with Crippen LogP contribution in [0.2, 0.25) is 0 Å². The van der Waals surface area contributed by atoms with E-state index in [1.54, 1.807) is 18.2 Å². The van der Waals surface area contributed by atoms with E-state index in [4.69, 9.17) is 8.92 Å². The fourth-order valence-electron chi connectivity index (χ4n) is 3.33. The van der Waals surface area contributed by atoms with Gasteiger partial charge in [0.25, 0.3) is 0 Å². The van der Waals surface area contributed by atoms with Crippen LogP contribution in [-0.2, 0) is 15.5 Å². The van der Waals surface area contributed by atoms with E-state index in [1.807, 2.05) is 0 Å². The molecular formula is C16H24N2O4S. The second kappa shape index (κ2) is 5.65. The molecular weight excluding hydrogens is 316 g/mol. The van der Waals surface area contributed by atoms with Gasteiger partial charge >= 0.3 is 10.1 Å². The van der Waals surface area contributed by atoms with Crippen LogP contribution in [0.3, 0.4) is 0 Å².